The van der Waals surface area contributed by atoms with Crippen LogP contribution in [-0.4, -0.2) is 42.6 Å². The highest BCUT2D eigenvalue weighted by molar-refractivity contribution is 5.79. The highest BCUT2D eigenvalue weighted by Gasteiger charge is 2.27. The number of rotatable bonds is 6. The first-order valence-electron chi connectivity index (χ1n) is 10.7. The van der Waals surface area contributed by atoms with E-state index in [-0.39, 0.29) is 23.9 Å². The third kappa shape index (κ3) is 5.63. The molecule has 0 unspecified atom stereocenters. The largest absolute Gasteiger partial charge is 0.494 e. The molecule has 1 aliphatic heterocycles. The van der Waals surface area contributed by atoms with Crippen molar-refractivity contribution in [2.24, 2.45) is 5.92 Å². The topological polar surface area (TPSA) is 70.7 Å². The highest BCUT2D eigenvalue weighted by Crippen LogP contribution is 2.24. The van der Waals surface area contributed by atoms with E-state index in [4.69, 9.17) is 4.74 Å². The van der Waals surface area contributed by atoms with Gasteiger partial charge in [-0.15, -0.1) is 0 Å². The predicted molar refractivity (Wildman–Crippen MR) is 109 cm³/mol. The Morgan fingerprint density at radius 2 is 1.79 bits per heavy atom. The average Bonchev–Trinajstić information content (AvgIpc) is 2.74. The second kappa shape index (κ2) is 10.3. The third-order valence-corrected chi connectivity index (χ3v) is 5.81. The van der Waals surface area contributed by atoms with Crippen LogP contribution in [0.5, 0.6) is 5.75 Å². The number of nitrogens with zero attached hydrogens (tertiary/aromatic N) is 1. The summed E-state index contributed by atoms with van der Waals surface area (Å²) < 4.78 is 5.61. The molecule has 1 aromatic rings. The van der Waals surface area contributed by atoms with Crippen molar-refractivity contribution in [1.82, 2.24) is 15.5 Å². The van der Waals surface area contributed by atoms with Gasteiger partial charge in [0.1, 0.15) is 5.75 Å². The molecule has 0 spiro atoms. The molecule has 1 aliphatic carbocycles. The molecular weight excluding hydrogens is 354 g/mol. The number of hydrogen-bond acceptors (Lipinski definition) is 3. The minimum atomic E-state index is -0.0524. The summed E-state index contributed by atoms with van der Waals surface area (Å²) in [6.07, 6.45) is 7.29. The Kier molecular flexibility index (Phi) is 7.57. The second-order valence-electron chi connectivity index (χ2n) is 7.80. The van der Waals surface area contributed by atoms with E-state index < -0.39 is 0 Å². The van der Waals surface area contributed by atoms with Crippen LogP contribution in [0, 0.1) is 5.92 Å². The van der Waals surface area contributed by atoms with Crippen LogP contribution in [0.25, 0.3) is 0 Å². The minimum absolute atomic E-state index is 0.0524. The molecule has 6 heteroatoms. The molecule has 1 aromatic carbocycles. The van der Waals surface area contributed by atoms with E-state index in [0.717, 1.165) is 37.0 Å². The quantitative estimate of drug-likeness (QED) is 0.785. The SMILES string of the molecule is CCOc1ccccc1CNC(=O)N1CCC(NC(=O)C2CCCCC2)CC1. The fourth-order valence-corrected chi connectivity index (χ4v) is 4.14. The summed E-state index contributed by atoms with van der Waals surface area (Å²) >= 11 is 0. The van der Waals surface area contributed by atoms with Gasteiger partial charge in [0.05, 0.1) is 6.61 Å². The summed E-state index contributed by atoms with van der Waals surface area (Å²) in [5.74, 6) is 1.23. The first kappa shape index (κ1) is 20.5. The Hall–Kier alpha value is -2.24. The summed E-state index contributed by atoms with van der Waals surface area (Å²) in [7, 11) is 0. The van der Waals surface area contributed by atoms with Crippen molar-refractivity contribution in [3.63, 3.8) is 0 Å². The zero-order chi connectivity index (χ0) is 19.8. The zero-order valence-electron chi connectivity index (χ0n) is 16.9. The monoisotopic (exact) mass is 387 g/mol. The lowest BCUT2D eigenvalue weighted by Gasteiger charge is -2.33. The molecule has 0 atom stereocenters. The molecule has 2 aliphatic rings. The van der Waals surface area contributed by atoms with Gasteiger partial charge in [-0.2, -0.15) is 0 Å². The van der Waals surface area contributed by atoms with Crippen LogP contribution in [0.15, 0.2) is 24.3 Å². The van der Waals surface area contributed by atoms with Crippen molar-refractivity contribution >= 4 is 11.9 Å². The van der Waals surface area contributed by atoms with Gasteiger partial charge in [0.15, 0.2) is 0 Å². The second-order valence-corrected chi connectivity index (χ2v) is 7.80. The number of carbonyl (C=O) groups excluding carboxylic acids is 2. The number of piperidine rings is 1. The molecule has 6 nitrogen and oxygen atoms in total. The molecule has 0 radical (unpaired) electrons. The van der Waals surface area contributed by atoms with E-state index in [1.807, 2.05) is 36.1 Å². The van der Waals surface area contributed by atoms with E-state index >= 15 is 0 Å². The Bertz CT molecular complexity index is 650. The van der Waals surface area contributed by atoms with Crippen LogP contribution in [0.3, 0.4) is 0 Å². The third-order valence-electron chi connectivity index (χ3n) is 5.81. The van der Waals surface area contributed by atoms with Gasteiger partial charge in [0.2, 0.25) is 5.91 Å². The van der Waals surface area contributed by atoms with Crippen LogP contribution in [-0.2, 0) is 11.3 Å². The lowest BCUT2D eigenvalue weighted by atomic mass is 9.88. The summed E-state index contributed by atoms with van der Waals surface area (Å²) in [5, 5.41) is 6.21. The van der Waals surface area contributed by atoms with Gasteiger partial charge in [-0.25, -0.2) is 4.79 Å². The maximum absolute atomic E-state index is 12.5. The molecule has 2 N–H and O–H groups in total. The fraction of sp³-hybridized carbons (Fsp3) is 0.636. The van der Waals surface area contributed by atoms with Gasteiger partial charge >= 0.3 is 6.03 Å². The Balaban J connectivity index is 1.41. The van der Waals surface area contributed by atoms with E-state index in [1.165, 1.54) is 19.3 Å². The van der Waals surface area contributed by atoms with Crippen molar-refractivity contribution in [2.75, 3.05) is 19.7 Å². The van der Waals surface area contributed by atoms with Gasteiger partial charge in [-0.1, -0.05) is 37.5 Å². The Labute approximate surface area is 168 Å². The van der Waals surface area contributed by atoms with Gasteiger partial charge in [0, 0.05) is 37.2 Å². The average molecular weight is 388 g/mol. The van der Waals surface area contributed by atoms with Crippen molar-refractivity contribution < 1.29 is 14.3 Å². The number of amides is 3. The van der Waals surface area contributed by atoms with Crippen LogP contribution in [0.2, 0.25) is 0 Å². The molecule has 1 saturated heterocycles. The minimum Gasteiger partial charge on any atom is -0.494 e. The number of nitrogens with one attached hydrogen (secondary N) is 2. The Morgan fingerprint density at radius 3 is 2.50 bits per heavy atom. The summed E-state index contributed by atoms with van der Waals surface area (Å²) in [5.41, 5.74) is 0.979. The van der Waals surface area contributed by atoms with Crippen molar-refractivity contribution in [2.45, 2.75) is 64.5 Å². The molecule has 0 aromatic heterocycles. The molecule has 154 valence electrons. The number of urea groups is 1. The normalized spacial score (nSPS) is 18.5. The molecule has 2 fully saturated rings. The lowest BCUT2D eigenvalue weighted by Crippen LogP contribution is -2.50. The van der Waals surface area contributed by atoms with Crippen molar-refractivity contribution in [1.29, 1.82) is 0 Å². The number of benzene rings is 1. The number of hydrogen-bond donors (Lipinski definition) is 2. The number of para-hydroxylation sites is 1. The smallest absolute Gasteiger partial charge is 0.317 e. The van der Waals surface area contributed by atoms with Crippen LogP contribution in [0.1, 0.15) is 57.4 Å². The van der Waals surface area contributed by atoms with Gasteiger partial charge in [0.25, 0.3) is 0 Å². The van der Waals surface area contributed by atoms with E-state index in [9.17, 15) is 9.59 Å². The maximum Gasteiger partial charge on any atom is 0.317 e. The van der Waals surface area contributed by atoms with Crippen molar-refractivity contribution in [3.05, 3.63) is 29.8 Å². The summed E-state index contributed by atoms with van der Waals surface area (Å²) in [4.78, 5) is 26.8. The molecule has 3 amide bonds. The lowest BCUT2D eigenvalue weighted by molar-refractivity contribution is -0.126. The number of ether oxygens (including phenoxy) is 1. The first-order chi connectivity index (χ1) is 13.7. The van der Waals surface area contributed by atoms with Gasteiger partial charge in [-0.3, -0.25) is 4.79 Å². The van der Waals surface area contributed by atoms with E-state index in [1.54, 1.807) is 0 Å². The van der Waals surface area contributed by atoms with Gasteiger partial charge in [-0.05, 0) is 38.7 Å². The summed E-state index contributed by atoms with van der Waals surface area (Å²) in [6.45, 7) is 4.36. The number of carbonyl (C=O) groups is 2. The maximum atomic E-state index is 12.5. The zero-order valence-corrected chi connectivity index (χ0v) is 16.9. The Morgan fingerprint density at radius 1 is 1.07 bits per heavy atom. The molecule has 3 rings (SSSR count). The predicted octanol–water partition coefficient (Wildman–Crippen LogP) is 3.46. The highest BCUT2D eigenvalue weighted by atomic mass is 16.5. The van der Waals surface area contributed by atoms with Crippen LogP contribution < -0.4 is 15.4 Å². The standard InChI is InChI=1S/C22H33N3O3/c1-2-28-20-11-7-6-10-18(20)16-23-22(27)25-14-12-19(13-15-25)24-21(26)17-8-4-3-5-9-17/h6-7,10-11,17,19H,2-5,8-9,12-16H2,1H3,(H,23,27)(H,24,26). The van der Waals surface area contributed by atoms with Gasteiger partial charge < -0.3 is 20.3 Å². The first-order valence-corrected chi connectivity index (χ1v) is 10.7. The van der Waals surface area contributed by atoms with Crippen molar-refractivity contribution in [3.8, 4) is 5.75 Å². The molecule has 0 bridgehead atoms. The molecule has 1 heterocycles. The number of likely N-dealkylation sites (tertiary alicyclic amines) is 1. The van der Waals surface area contributed by atoms with Crippen LogP contribution >= 0.6 is 0 Å². The summed E-state index contributed by atoms with van der Waals surface area (Å²) in [6, 6.07) is 7.91. The molecule has 28 heavy (non-hydrogen) atoms. The van der Waals surface area contributed by atoms with Crippen LogP contribution in [0.4, 0.5) is 4.79 Å². The molecular formula is C22H33N3O3. The van der Waals surface area contributed by atoms with E-state index in [2.05, 4.69) is 10.6 Å². The fourth-order valence-electron chi connectivity index (χ4n) is 4.14. The molecule has 1 saturated carbocycles. The van der Waals surface area contributed by atoms with E-state index in [0.29, 0.717) is 26.2 Å².